The fourth-order valence-corrected chi connectivity index (χ4v) is 2.47. The molecule has 1 N–H and O–H groups in total. The van der Waals surface area contributed by atoms with E-state index in [9.17, 15) is 4.79 Å². The second-order valence-corrected chi connectivity index (χ2v) is 6.32. The molecule has 1 aromatic carbocycles. The molecule has 1 amide bonds. The van der Waals surface area contributed by atoms with Gasteiger partial charge in [0.05, 0.1) is 5.69 Å². The highest BCUT2D eigenvalue weighted by molar-refractivity contribution is 7.14. The Hall–Kier alpha value is -1.68. The van der Waals surface area contributed by atoms with E-state index in [1.54, 1.807) is 0 Å². The second-order valence-electron chi connectivity index (χ2n) is 5.46. The minimum absolute atomic E-state index is 0.000978. The van der Waals surface area contributed by atoms with Crippen LogP contribution in [0.3, 0.4) is 0 Å². The number of hydrogen-bond donors (Lipinski definition) is 1. The minimum Gasteiger partial charge on any atom is -0.302 e. The van der Waals surface area contributed by atoms with Crippen LogP contribution in [0, 0.1) is 5.92 Å². The molecule has 0 saturated heterocycles. The number of benzene rings is 1. The SMILES string of the molecule is CC(C)C(=O)Nc1nc(-c2ccc(C(C)C)cc2)cs1. The van der Waals surface area contributed by atoms with E-state index in [-0.39, 0.29) is 11.8 Å². The Morgan fingerprint density at radius 3 is 2.35 bits per heavy atom. The van der Waals surface area contributed by atoms with Crippen LogP contribution in [-0.2, 0) is 4.79 Å². The molecule has 3 nitrogen and oxygen atoms in total. The molecule has 20 heavy (non-hydrogen) atoms. The lowest BCUT2D eigenvalue weighted by Gasteiger charge is -2.05. The van der Waals surface area contributed by atoms with Gasteiger partial charge in [-0.25, -0.2) is 4.98 Å². The summed E-state index contributed by atoms with van der Waals surface area (Å²) < 4.78 is 0. The molecule has 0 radical (unpaired) electrons. The van der Waals surface area contributed by atoms with Gasteiger partial charge >= 0.3 is 0 Å². The Balaban J connectivity index is 2.14. The summed E-state index contributed by atoms with van der Waals surface area (Å²) in [6.07, 6.45) is 0. The summed E-state index contributed by atoms with van der Waals surface area (Å²) in [5.74, 6) is 0.495. The van der Waals surface area contributed by atoms with E-state index in [0.717, 1.165) is 11.3 Å². The van der Waals surface area contributed by atoms with Crippen molar-refractivity contribution in [1.29, 1.82) is 0 Å². The molecular formula is C16H20N2OS. The van der Waals surface area contributed by atoms with E-state index < -0.39 is 0 Å². The van der Waals surface area contributed by atoms with Gasteiger partial charge in [0.15, 0.2) is 5.13 Å². The molecule has 1 aromatic heterocycles. The van der Waals surface area contributed by atoms with Gasteiger partial charge in [0, 0.05) is 16.9 Å². The van der Waals surface area contributed by atoms with Crippen LogP contribution in [-0.4, -0.2) is 10.9 Å². The van der Waals surface area contributed by atoms with Crippen molar-refractivity contribution in [2.24, 2.45) is 5.92 Å². The van der Waals surface area contributed by atoms with Crippen molar-refractivity contribution in [3.63, 3.8) is 0 Å². The summed E-state index contributed by atoms with van der Waals surface area (Å²) in [6, 6.07) is 8.42. The van der Waals surface area contributed by atoms with E-state index in [4.69, 9.17) is 0 Å². The minimum atomic E-state index is -0.0346. The standard InChI is InChI=1S/C16H20N2OS/c1-10(2)12-5-7-13(8-6-12)14-9-20-16(17-14)18-15(19)11(3)4/h5-11H,1-4H3,(H,17,18,19). The first kappa shape index (κ1) is 14.7. The molecule has 0 spiro atoms. The highest BCUT2D eigenvalue weighted by Gasteiger charge is 2.11. The van der Waals surface area contributed by atoms with Crippen molar-refractivity contribution in [3.05, 3.63) is 35.2 Å². The molecule has 4 heteroatoms. The van der Waals surface area contributed by atoms with Crippen molar-refractivity contribution in [2.45, 2.75) is 33.6 Å². The van der Waals surface area contributed by atoms with Crippen LogP contribution < -0.4 is 5.32 Å². The van der Waals surface area contributed by atoms with Crippen molar-refractivity contribution < 1.29 is 4.79 Å². The van der Waals surface area contributed by atoms with Crippen LogP contribution in [0.15, 0.2) is 29.6 Å². The Morgan fingerprint density at radius 1 is 1.15 bits per heavy atom. The number of carbonyl (C=O) groups is 1. The zero-order chi connectivity index (χ0) is 14.7. The monoisotopic (exact) mass is 288 g/mol. The van der Waals surface area contributed by atoms with Gasteiger partial charge in [0.2, 0.25) is 5.91 Å². The largest absolute Gasteiger partial charge is 0.302 e. The maximum atomic E-state index is 11.6. The number of amides is 1. The molecule has 0 fully saturated rings. The van der Waals surface area contributed by atoms with Crippen LogP contribution in [0.5, 0.6) is 0 Å². The van der Waals surface area contributed by atoms with E-state index in [1.165, 1.54) is 16.9 Å². The highest BCUT2D eigenvalue weighted by atomic mass is 32.1. The summed E-state index contributed by atoms with van der Waals surface area (Å²) in [7, 11) is 0. The Bertz CT molecular complexity index is 585. The van der Waals surface area contributed by atoms with Gasteiger partial charge in [-0.15, -0.1) is 11.3 Å². The van der Waals surface area contributed by atoms with E-state index in [1.807, 2.05) is 19.2 Å². The average Bonchev–Trinajstić information content (AvgIpc) is 2.87. The topological polar surface area (TPSA) is 42.0 Å². The van der Waals surface area contributed by atoms with Gasteiger partial charge < -0.3 is 5.32 Å². The normalized spacial score (nSPS) is 11.1. The molecule has 0 atom stereocenters. The number of nitrogens with zero attached hydrogens (tertiary/aromatic N) is 1. The third-order valence-electron chi connectivity index (χ3n) is 3.13. The molecule has 106 valence electrons. The average molecular weight is 288 g/mol. The Labute approximate surface area is 124 Å². The van der Waals surface area contributed by atoms with Crippen LogP contribution in [0.4, 0.5) is 5.13 Å². The predicted octanol–water partition coefficient (Wildman–Crippen LogP) is 4.53. The first-order valence-corrected chi connectivity index (χ1v) is 7.72. The zero-order valence-electron chi connectivity index (χ0n) is 12.3. The number of anilines is 1. The van der Waals surface area contributed by atoms with Gasteiger partial charge in [-0.1, -0.05) is 52.0 Å². The van der Waals surface area contributed by atoms with Crippen molar-refractivity contribution in [1.82, 2.24) is 4.98 Å². The predicted molar refractivity (Wildman–Crippen MR) is 85.1 cm³/mol. The number of aromatic nitrogens is 1. The lowest BCUT2D eigenvalue weighted by atomic mass is 10.0. The van der Waals surface area contributed by atoms with Gasteiger partial charge in [0.25, 0.3) is 0 Å². The first-order chi connectivity index (χ1) is 9.47. The molecule has 1 heterocycles. The molecule has 0 aliphatic rings. The Morgan fingerprint density at radius 2 is 1.80 bits per heavy atom. The van der Waals surface area contributed by atoms with Gasteiger partial charge in [-0.05, 0) is 11.5 Å². The zero-order valence-corrected chi connectivity index (χ0v) is 13.1. The molecule has 0 saturated carbocycles. The lowest BCUT2D eigenvalue weighted by Crippen LogP contribution is -2.17. The summed E-state index contributed by atoms with van der Waals surface area (Å²) in [5, 5.41) is 5.46. The molecule has 0 aliphatic heterocycles. The second kappa shape index (κ2) is 6.18. The third-order valence-corrected chi connectivity index (χ3v) is 3.89. The summed E-state index contributed by atoms with van der Waals surface area (Å²) in [6.45, 7) is 8.10. The van der Waals surface area contributed by atoms with Crippen LogP contribution in [0.1, 0.15) is 39.2 Å². The molecule has 0 bridgehead atoms. The number of nitrogens with one attached hydrogen (secondary N) is 1. The number of rotatable bonds is 4. The number of carbonyl (C=O) groups excluding carboxylic acids is 1. The number of thiazole rings is 1. The smallest absolute Gasteiger partial charge is 0.228 e. The fourth-order valence-electron chi connectivity index (χ4n) is 1.75. The van der Waals surface area contributed by atoms with Gasteiger partial charge in [0.1, 0.15) is 0 Å². The van der Waals surface area contributed by atoms with Gasteiger partial charge in [-0.3, -0.25) is 4.79 Å². The van der Waals surface area contributed by atoms with Crippen LogP contribution in [0.25, 0.3) is 11.3 Å². The molecule has 0 aliphatic carbocycles. The Kier molecular flexibility index (Phi) is 4.55. The quantitative estimate of drug-likeness (QED) is 0.898. The van der Waals surface area contributed by atoms with E-state index >= 15 is 0 Å². The number of hydrogen-bond acceptors (Lipinski definition) is 3. The summed E-state index contributed by atoms with van der Waals surface area (Å²) in [4.78, 5) is 16.1. The van der Waals surface area contributed by atoms with E-state index in [2.05, 4.69) is 48.4 Å². The fraction of sp³-hybridized carbons (Fsp3) is 0.375. The lowest BCUT2D eigenvalue weighted by molar-refractivity contribution is -0.118. The molecular weight excluding hydrogens is 268 g/mol. The first-order valence-electron chi connectivity index (χ1n) is 6.84. The maximum Gasteiger partial charge on any atom is 0.228 e. The molecule has 0 unspecified atom stereocenters. The maximum absolute atomic E-state index is 11.6. The summed E-state index contributed by atoms with van der Waals surface area (Å²) >= 11 is 1.46. The van der Waals surface area contributed by atoms with Gasteiger partial charge in [-0.2, -0.15) is 0 Å². The van der Waals surface area contributed by atoms with Crippen molar-refractivity contribution >= 4 is 22.4 Å². The summed E-state index contributed by atoms with van der Waals surface area (Å²) in [5.41, 5.74) is 3.30. The molecule has 2 rings (SSSR count). The third kappa shape index (κ3) is 3.45. The van der Waals surface area contributed by atoms with Crippen molar-refractivity contribution in [2.75, 3.05) is 5.32 Å². The van der Waals surface area contributed by atoms with Crippen molar-refractivity contribution in [3.8, 4) is 11.3 Å². The molecule has 2 aromatic rings. The highest BCUT2D eigenvalue weighted by Crippen LogP contribution is 2.26. The van der Waals surface area contributed by atoms with E-state index in [0.29, 0.717) is 11.0 Å². The van der Waals surface area contributed by atoms with Crippen LogP contribution >= 0.6 is 11.3 Å². The van der Waals surface area contributed by atoms with Crippen LogP contribution in [0.2, 0.25) is 0 Å².